The van der Waals surface area contributed by atoms with Crippen LogP contribution in [0, 0.1) is 0 Å². The minimum Gasteiger partial charge on any atom is -0.399 e. The monoisotopic (exact) mass is 325 g/mol. The standard InChI is InChI=1S/C19H23N3O2/c20-17-8-6-15(7-9-17)10-12-21-18(23)11-13-22-19(24)14-16-4-2-1-3-5-16/h1-9H,10-14,20H2,(H,21,23)(H,22,24). The van der Waals surface area contributed by atoms with Gasteiger partial charge >= 0.3 is 0 Å². The molecule has 0 saturated heterocycles. The van der Waals surface area contributed by atoms with Gasteiger partial charge in [0.25, 0.3) is 0 Å². The van der Waals surface area contributed by atoms with Crippen molar-refractivity contribution < 1.29 is 9.59 Å². The van der Waals surface area contributed by atoms with Gasteiger partial charge in [-0.2, -0.15) is 0 Å². The Labute approximate surface area is 142 Å². The van der Waals surface area contributed by atoms with Gasteiger partial charge in [0, 0.05) is 25.2 Å². The number of amides is 2. The average molecular weight is 325 g/mol. The van der Waals surface area contributed by atoms with Crippen LogP contribution in [0.15, 0.2) is 54.6 Å². The van der Waals surface area contributed by atoms with Crippen molar-refractivity contribution in [1.82, 2.24) is 10.6 Å². The van der Waals surface area contributed by atoms with E-state index in [9.17, 15) is 9.59 Å². The fourth-order valence-corrected chi connectivity index (χ4v) is 2.28. The lowest BCUT2D eigenvalue weighted by Crippen LogP contribution is -2.32. The number of nitrogen functional groups attached to an aromatic ring is 1. The summed E-state index contributed by atoms with van der Waals surface area (Å²) >= 11 is 0. The molecule has 0 aliphatic heterocycles. The van der Waals surface area contributed by atoms with Gasteiger partial charge in [0.05, 0.1) is 6.42 Å². The first kappa shape index (κ1) is 17.5. The highest BCUT2D eigenvalue weighted by Gasteiger charge is 2.05. The van der Waals surface area contributed by atoms with E-state index in [0.29, 0.717) is 19.5 Å². The molecular weight excluding hydrogens is 302 g/mol. The first-order valence-corrected chi connectivity index (χ1v) is 8.05. The second-order valence-corrected chi connectivity index (χ2v) is 5.60. The average Bonchev–Trinajstić information content (AvgIpc) is 2.57. The van der Waals surface area contributed by atoms with Gasteiger partial charge in [0.2, 0.25) is 11.8 Å². The Balaban J connectivity index is 1.57. The number of hydrogen-bond donors (Lipinski definition) is 3. The quantitative estimate of drug-likeness (QED) is 0.646. The van der Waals surface area contributed by atoms with E-state index in [1.807, 2.05) is 54.6 Å². The van der Waals surface area contributed by atoms with Crippen molar-refractivity contribution in [2.45, 2.75) is 19.3 Å². The molecule has 0 aliphatic rings. The third-order valence-corrected chi connectivity index (χ3v) is 3.60. The molecule has 0 aromatic heterocycles. The fourth-order valence-electron chi connectivity index (χ4n) is 2.28. The van der Waals surface area contributed by atoms with E-state index in [4.69, 9.17) is 5.73 Å². The number of carbonyl (C=O) groups excluding carboxylic acids is 2. The molecule has 4 N–H and O–H groups in total. The Morgan fingerprint density at radius 2 is 1.46 bits per heavy atom. The molecule has 0 bridgehead atoms. The van der Waals surface area contributed by atoms with Crippen molar-refractivity contribution in [3.8, 4) is 0 Å². The molecule has 0 aliphatic carbocycles. The summed E-state index contributed by atoms with van der Waals surface area (Å²) in [6.45, 7) is 0.917. The van der Waals surface area contributed by atoms with E-state index in [1.165, 1.54) is 0 Å². The Morgan fingerprint density at radius 1 is 0.792 bits per heavy atom. The number of anilines is 1. The largest absolute Gasteiger partial charge is 0.399 e. The highest BCUT2D eigenvalue weighted by Crippen LogP contribution is 2.05. The van der Waals surface area contributed by atoms with E-state index in [2.05, 4.69) is 10.6 Å². The van der Waals surface area contributed by atoms with Crippen LogP contribution in [-0.4, -0.2) is 24.9 Å². The molecule has 24 heavy (non-hydrogen) atoms. The van der Waals surface area contributed by atoms with E-state index in [0.717, 1.165) is 23.2 Å². The minimum absolute atomic E-state index is 0.0644. The second-order valence-electron chi connectivity index (χ2n) is 5.60. The minimum atomic E-state index is -0.0733. The van der Waals surface area contributed by atoms with Crippen LogP contribution in [0.25, 0.3) is 0 Å². The van der Waals surface area contributed by atoms with Gasteiger partial charge in [0.15, 0.2) is 0 Å². The summed E-state index contributed by atoms with van der Waals surface area (Å²) in [6.07, 6.45) is 1.37. The summed E-state index contributed by atoms with van der Waals surface area (Å²) < 4.78 is 0. The maximum atomic E-state index is 11.8. The Morgan fingerprint density at radius 3 is 2.17 bits per heavy atom. The zero-order chi connectivity index (χ0) is 17.2. The van der Waals surface area contributed by atoms with E-state index in [-0.39, 0.29) is 18.2 Å². The molecule has 0 radical (unpaired) electrons. The number of nitrogens with two attached hydrogens (primary N) is 1. The topological polar surface area (TPSA) is 84.2 Å². The Kier molecular flexibility index (Phi) is 6.83. The highest BCUT2D eigenvalue weighted by atomic mass is 16.2. The van der Waals surface area contributed by atoms with Gasteiger partial charge in [-0.05, 0) is 29.7 Å². The summed E-state index contributed by atoms with van der Waals surface area (Å²) in [5.74, 6) is -0.138. The maximum absolute atomic E-state index is 11.8. The number of hydrogen-bond acceptors (Lipinski definition) is 3. The first-order valence-electron chi connectivity index (χ1n) is 8.05. The lowest BCUT2D eigenvalue weighted by Gasteiger charge is -2.07. The SMILES string of the molecule is Nc1ccc(CCNC(=O)CCNC(=O)Cc2ccccc2)cc1. The van der Waals surface area contributed by atoms with Crippen molar-refractivity contribution in [3.05, 3.63) is 65.7 Å². The number of rotatable bonds is 8. The molecule has 2 amide bonds. The lowest BCUT2D eigenvalue weighted by atomic mass is 10.1. The first-order chi connectivity index (χ1) is 11.6. The van der Waals surface area contributed by atoms with Gasteiger partial charge in [-0.25, -0.2) is 0 Å². The molecule has 5 nitrogen and oxygen atoms in total. The zero-order valence-corrected chi connectivity index (χ0v) is 13.6. The molecule has 0 atom stereocenters. The van der Waals surface area contributed by atoms with Crippen LogP contribution in [0.2, 0.25) is 0 Å². The van der Waals surface area contributed by atoms with Gasteiger partial charge in [0.1, 0.15) is 0 Å². The van der Waals surface area contributed by atoms with Crippen LogP contribution in [0.4, 0.5) is 5.69 Å². The molecule has 0 unspecified atom stereocenters. The molecule has 0 fully saturated rings. The van der Waals surface area contributed by atoms with Crippen molar-refractivity contribution in [2.75, 3.05) is 18.8 Å². The third kappa shape index (κ3) is 6.52. The van der Waals surface area contributed by atoms with Crippen LogP contribution in [0.3, 0.4) is 0 Å². The summed E-state index contributed by atoms with van der Waals surface area (Å²) in [5, 5.41) is 5.61. The normalized spacial score (nSPS) is 10.2. The number of carbonyl (C=O) groups is 2. The molecule has 5 heteroatoms. The van der Waals surface area contributed by atoms with Gasteiger partial charge in [-0.3, -0.25) is 9.59 Å². The molecule has 0 heterocycles. The summed E-state index contributed by atoms with van der Waals surface area (Å²) in [6, 6.07) is 17.1. The van der Waals surface area contributed by atoms with Crippen LogP contribution >= 0.6 is 0 Å². The van der Waals surface area contributed by atoms with E-state index < -0.39 is 0 Å². The predicted molar refractivity (Wildman–Crippen MR) is 95.3 cm³/mol. The molecule has 2 aromatic rings. The fraction of sp³-hybridized carbons (Fsp3) is 0.263. The molecule has 0 saturated carbocycles. The van der Waals surface area contributed by atoms with Crippen molar-refractivity contribution in [3.63, 3.8) is 0 Å². The van der Waals surface area contributed by atoms with Gasteiger partial charge in [-0.1, -0.05) is 42.5 Å². The summed E-state index contributed by atoms with van der Waals surface area (Å²) in [7, 11) is 0. The smallest absolute Gasteiger partial charge is 0.224 e. The highest BCUT2D eigenvalue weighted by molar-refractivity contribution is 5.80. The molecule has 2 rings (SSSR count). The zero-order valence-electron chi connectivity index (χ0n) is 13.6. The van der Waals surface area contributed by atoms with Crippen molar-refractivity contribution >= 4 is 17.5 Å². The van der Waals surface area contributed by atoms with Crippen LogP contribution in [-0.2, 0) is 22.4 Å². The van der Waals surface area contributed by atoms with Crippen molar-refractivity contribution in [1.29, 1.82) is 0 Å². The van der Waals surface area contributed by atoms with Crippen LogP contribution in [0.5, 0.6) is 0 Å². The van der Waals surface area contributed by atoms with Gasteiger partial charge < -0.3 is 16.4 Å². The number of nitrogens with one attached hydrogen (secondary N) is 2. The lowest BCUT2D eigenvalue weighted by molar-refractivity contribution is -0.122. The second kappa shape index (κ2) is 9.35. The molecule has 2 aromatic carbocycles. The Bertz CT molecular complexity index is 654. The molecule has 0 spiro atoms. The summed E-state index contributed by atoms with van der Waals surface area (Å²) in [5.41, 5.74) is 8.44. The van der Waals surface area contributed by atoms with Crippen LogP contribution < -0.4 is 16.4 Å². The molecular formula is C19H23N3O2. The summed E-state index contributed by atoms with van der Waals surface area (Å²) in [4.78, 5) is 23.5. The predicted octanol–water partition coefficient (Wildman–Crippen LogP) is 1.68. The van der Waals surface area contributed by atoms with E-state index >= 15 is 0 Å². The maximum Gasteiger partial charge on any atom is 0.224 e. The molecule has 126 valence electrons. The van der Waals surface area contributed by atoms with Crippen LogP contribution in [0.1, 0.15) is 17.5 Å². The number of benzene rings is 2. The van der Waals surface area contributed by atoms with E-state index in [1.54, 1.807) is 0 Å². The van der Waals surface area contributed by atoms with Crippen molar-refractivity contribution in [2.24, 2.45) is 0 Å². The van der Waals surface area contributed by atoms with Gasteiger partial charge in [-0.15, -0.1) is 0 Å². The third-order valence-electron chi connectivity index (χ3n) is 3.60. The Hall–Kier alpha value is -2.82.